The van der Waals surface area contributed by atoms with Gasteiger partial charge in [-0.3, -0.25) is 9.59 Å². The van der Waals surface area contributed by atoms with Crippen LogP contribution in [0, 0.1) is 5.82 Å². The van der Waals surface area contributed by atoms with E-state index in [1.165, 1.54) is 18.0 Å². The fourth-order valence-electron chi connectivity index (χ4n) is 2.48. The minimum atomic E-state index is -0.644. The first-order chi connectivity index (χ1) is 11.5. The quantitative estimate of drug-likeness (QED) is 0.886. The van der Waals surface area contributed by atoms with E-state index >= 15 is 0 Å². The number of nitrogens with one attached hydrogen (secondary N) is 1. The number of rotatable bonds is 6. The summed E-state index contributed by atoms with van der Waals surface area (Å²) < 4.78 is 13.8. The third-order valence-corrected chi connectivity index (χ3v) is 3.91. The molecule has 1 unspecified atom stereocenters. The molecule has 0 aliphatic heterocycles. The number of carbonyl (C=O) groups excluding carboxylic acids is 2. The SMILES string of the molecule is CNC(=O)C(C)N(Cc1ccccc1)C(=O)Cc1ccccc1F. The maximum Gasteiger partial charge on any atom is 0.242 e. The Kier molecular flexibility index (Phi) is 6.07. The van der Waals surface area contributed by atoms with E-state index in [4.69, 9.17) is 0 Å². The Labute approximate surface area is 141 Å². The molecule has 2 amide bonds. The maximum absolute atomic E-state index is 13.8. The first-order valence-electron chi connectivity index (χ1n) is 7.81. The smallest absolute Gasteiger partial charge is 0.242 e. The Morgan fingerprint density at radius 1 is 1.08 bits per heavy atom. The Hall–Kier alpha value is -2.69. The highest BCUT2D eigenvalue weighted by molar-refractivity contribution is 5.88. The van der Waals surface area contributed by atoms with Crippen molar-refractivity contribution < 1.29 is 14.0 Å². The van der Waals surface area contributed by atoms with Crippen molar-refractivity contribution in [1.29, 1.82) is 0 Å². The highest BCUT2D eigenvalue weighted by Gasteiger charge is 2.25. The number of benzene rings is 2. The van der Waals surface area contributed by atoms with Gasteiger partial charge in [0, 0.05) is 13.6 Å². The molecular formula is C19H21FN2O2. The lowest BCUT2D eigenvalue weighted by molar-refractivity contribution is -0.139. The van der Waals surface area contributed by atoms with Gasteiger partial charge in [0.1, 0.15) is 11.9 Å². The van der Waals surface area contributed by atoms with Crippen LogP contribution in [0.15, 0.2) is 54.6 Å². The van der Waals surface area contributed by atoms with Crippen molar-refractivity contribution in [2.75, 3.05) is 7.05 Å². The fourth-order valence-corrected chi connectivity index (χ4v) is 2.48. The summed E-state index contributed by atoms with van der Waals surface area (Å²) in [7, 11) is 1.53. The number of nitrogens with zero attached hydrogens (tertiary/aromatic N) is 1. The lowest BCUT2D eigenvalue weighted by Crippen LogP contribution is -2.47. The summed E-state index contributed by atoms with van der Waals surface area (Å²) in [6, 6.07) is 14.9. The molecule has 2 aromatic carbocycles. The van der Waals surface area contributed by atoms with Crippen LogP contribution in [0.2, 0.25) is 0 Å². The Morgan fingerprint density at radius 3 is 2.33 bits per heavy atom. The van der Waals surface area contributed by atoms with Gasteiger partial charge in [-0.2, -0.15) is 0 Å². The molecule has 0 bridgehead atoms. The zero-order valence-corrected chi connectivity index (χ0v) is 13.8. The van der Waals surface area contributed by atoms with Crippen molar-refractivity contribution in [3.05, 3.63) is 71.5 Å². The monoisotopic (exact) mass is 328 g/mol. The van der Waals surface area contributed by atoms with E-state index in [1.54, 1.807) is 25.1 Å². The number of hydrogen-bond donors (Lipinski definition) is 1. The summed E-state index contributed by atoms with van der Waals surface area (Å²) >= 11 is 0. The van der Waals surface area contributed by atoms with Crippen LogP contribution in [0.3, 0.4) is 0 Å². The van der Waals surface area contributed by atoms with E-state index in [2.05, 4.69) is 5.32 Å². The third kappa shape index (κ3) is 4.41. The van der Waals surface area contributed by atoms with Crippen LogP contribution in [0.1, 0.15) is 18.1 Å². The molecule has 0 saturated carbocycles. The molecule has 126 valence electrons. The molecule has 2 rings (SSSR count). The zero-order chi connectivity index (χ0) is 17.5. The van der Waals surface area contributed by atoms with Crippen molar-refractivity contribution in [2.45, 2.75) is 25.9 Å². The maximum atomic E-state index is 13.8. The van der Waals surface area contributed by atoms with Crippen molar-refractivity contribution in [1.82, 2.24) is 10.2 Å². The molecule has 1 atom stereocenters. The normalized spacial score (nSPS) is 11.6. The second-order valence-corrected chi connectivity index (χ2v) is 5.57. The fraction of sp³-hybridized carbons (Fsp3) is 0.263. The van der Waals surface area contributed by atoms with Crippen LogP contribution in [0.25, 0.3) is 0 Å². The van der Waals surface area contributed by atoms with Gasteiger partial charge >= 0.3 is 0 Å². The van der Waals surface area contributed by atoms with Gasteiger partial charge in [0.25, 0.3) is 0 Å². The summed E-state index contributed by atoms with van der Waals surface area (Å²) in [5.74, 6) is -0.967. The van der Waals surface area contributed by atoms with Crippen LogP contribution in [-0.4, -0.2) is 29.8 Å². The van der Waals surface area contributed by atoms with Gasteiger partial charge in [0.05, 0.1) is 6.42 Å². The van der Waals surface area contributed by atoms with Gasteiger partial charge < -0.3 is 10.2 Å². The molecule has 1 N–H and O–H groups in total. The molecule has 0 aliphatic rings. The van der Waals surface area contributed by atoms with Crippen LogP contribution in [0.4, 0.5) is 4.39 Å². The second-order valence-electron chi connectivity index (χ2n) is 5.57. The van der Waals surface area contributed by atoms with Crippen LogP contribution < -0.4 is 5.32 Å². The van der Waals surface area contributed by atoms with Gasteiger partial charge in [-0.15, -0.1) is 0 Å². The van der Waals surface area contributed by atoms with Gasteiger partial charge in [0.2, 0.25) is 11.8 Å². The lowest BCUT2D eigenvalue weighted by atomic mass is 10.1. The van der Waals surface area contributed by atoms with E-state index in [0.29, 0.717) is 12.1 Å². The van der Waals surface area contributed by atoms with E-state index in [9.17, 15) is 14.0 Å². The highest BCUT2D eigenvalue weighted by atomic mass is 19.1. The summed E-state index contributed by atoms with van der Waals surface area (Å²) in [5, 5.41) is 2.55. The second kappa shape index (κ2) is 8.24. The van der Waals surface area contributed by atoms with Gasteiger partial charge in [-0.1, -0.05) is 48.5 Å². The Bertz CT molecular complexity index is 704. The molecule has 0 fully saturated rings. The largest absolute Gasteiger partial charge is 0.357 e. The van der Waals surface area contributed by atoms with Crippen LogP contribution >= 0.6 is 0 Å². The molecule has 5 heteroatoms. The third-order valence-electron chi connectivity index (χ3n) is 3.91. The minimum Gasteiger partial charge on any atom is -0.357 e. The number of hydrogen-bond acceptors (Lipinski definition) is 2. The predicted octanol–water partition coefficient (Wildman–Crippen LogP) is 2.53. The first kappa shape index (κ1) is 17.7. The topological polar surface area (TPSA) is 49.4 Å². The van der Waals surface area contributed by atoms with Crippen molar-refractivity contribution in [3.8, 4) is 0 Å². The van der Waals surface area contributed by atoms with E-state index in [1.807, 2.05) is 30.3 Å². The Morgan fingerprint density at radius 2 is 1.71 bits per heavy atom. The van der Waals surface area contributed by atoms with Crippen LogP contribution in [0.5, 0.6) is 0 Å². The molecule has 0 radical (unpaired) electrons. The van der Waals surface area contributed by atoms with Crippen molar-refractivity contribution >= 4 is 11.8 Å². The van der Waals surface area contributed by atoms with E-state index in [-0.39, 0.29) is 18.2 Å². The summed E-state index contributed by atoms with van der Waals surface area (Å²) in [6.45, 7) is 1.96. The molecule has 0 aliphatic carbocycles. The number of amides is 2. The van der Waals surface area contributed by atoms with Crippen LogP contribution in [-0.2, 0) is 22.6 Å². The molecule has 4 nitrogen and oxygen atoms in total. The molecule has 0 saturated heterocycles. The molecule has 0 spiro atoms. The molecule has 2 aromatic rings. The van der Waals surface area contributed by atoms with E-state index in [0.717, 1.165) is 5.56 Å². The molecule has 0 heterocycles. The Balaban J connectivity index is 2.22. The highest BCUT2D eigenvalue weighted by Crippen LogP contribution is 2.14. The summed E-state index contributed by atoms with van der Waals surface area (Å²) in [5.41, 5.74) is 1.24. The van der Waals surface area contributed by atoms with Crippen molar-refractivity contribution in [2.24, 2.45) is 0 Å². The lowest BCUT2D eigenvalue weighted by Gasteiger charge is -2.28. The molecule has 24 heavy (non-hydrogen) atoms. The zero-order valence-electron chi connectivity index (χ0n) is 13.8. The average molecular weight is 328 g/mol. The number of carbonyl (C=O) groups is 2. The standard InChI is InChI=1S/C19H21FN2O2/c1-14(19(24)21-2)22(13-15-8-4-3-5-9-15)18(23)12-16-10-6-7-11-17(16)20/h3-11,14H,12-13H2,1-2H3,(H,21,24). The van der Waals surface area contributed by atoms with Gasteiger partial charge in [-0.05, 0) is 24.1 Å². The summed E-state index contributed by atoms with van der Waals surface area (Å²) in [4.78, 5) is 26.2. The molecule has 0 aromatic heterocycles. The predicted molar refractivity (Wildman–Crippen MR) is 90.6 cm³/mol. The summed E-state index contributed by atoms with van der Waals surface area (Å²) in [6.07, 6.45) is -0.0825. The number of likely N-dealkylation sites (N-methyl/N-ethyl adjacent to an activating group) is 1. The number of halogens is 1. The molecular weight excluding hydrogens is 307 g/mol. The average Bonchev–Trinajstić information content (AvgIpc) is 2.61. The van der Waals surface area contributed by atoms with Crippen molar-refractivity contribution in [3.63, 3.8) is 0 Å². The minimum absolute atomic E-state index is 0.0825. The van der Waals surface area contributed by atoms with Gasteiger partial charge in [0.15, 0.2) is 0 Å². The van der Waals surface area contributed by atoms with Gasteiger partial charge in [-0.25, -0.2) is 4.39 Å². The first-order valence-corrected chi connectivity index (χ1v) is 7.81. The van der Waals surface area contributed by atoms with E-state index < -0.39 is 11.9 Å².